The molecule has 0 N–H and O–H groups in total. The predicted octanol–water partition coefficient (Wildman–Crippen LogP) is 5.04. The van der Waals surface area contributed by atoms with Crippen molar-refractivity contribution in [2.75, 3.05) is 0 Å². The van der Waals surface area contributed by atoms with Gasteiger partial charge in [-0.2, -0.15) is 0 Å². The van der Waals surface area contributed by atoms with E-state index in [9.17, 15) is 0 Å². The third kappa shape index (κ3) is 2.98. The normalized spacial score (nSPS) is 12.4. The number of hydrogen-bond acceptors (Lipinski definition) is 0. The molecule has 0 spiro atoms. The fraction of sp³-hybridized carbons (Fsp3) is 0.250. The highest BCUT2D eigenvalue weighted by Crippen LogP contribution is 2.30. The molecule has 1 atom stereocenters. The van der Waals surface area contributed by atoms with Crippen molar-refractivity contribution in [1.29, 1.82) is 0 Å². The second kappa shape index (κ2) is 5.50. The molecule has 0 saturated carbocycles. The Bertz CT molecular complexity index is 468. The molecule has 0 saturated heterocycles. The average Bonchev–Trinajstić information content (AvgIpc) is 2.39. The summed E-state index contributed by atoms with van der Waals surface area (Å²) in [5.41, 5.74) is 5.30. The highest BCUT2D eigenvalue weighted by Gasteiger charge is 2.09. The molecule has 2 rings (SSSR count). The van der Waals surface area contributed by atoms with E-state index >= 15 is 0 Å². The Balaban J connectivity index is 2.23. The summed E-state index contributed by atoms with van der Waals surface area (Å²) in [5, 5.41) is 0. The van der Waals surface area contributed by atoms with Gasteiger partial charge in [0.15, 0.2) is 0 Å². The summed E-state index contributed by atoms with van der Waals surface area (Å²) in [6, 6.07) is 17.5. The molecule has 0 radical (unpaired) electrons. The van der Waals surface area contributed by atoms with Gasteiger partial charge in [0.25, 0.3) is 0 Å². The smallest absolute Gasteiger partial charge is 0.0644 e. The number of aryl methyl sites for hydroxylation is 2. The van der Waals surface area contributed by atoms with E-state index < -0.39 is 0 Å². The summed E-state index contributed by atoms with van der Waals surface area (Å²) in [6.45, 7) is 4.30. The minimum atomic E-state index is 0.286. The van der Waals surface area contributed by atoms with E-state index in [4.69, 9.17) is 0 Å². The lowest BCUT2D eigenvalue weighted by Crippen LogP contribution is -1.93. The molecule has 0 amide bonds. The Kier molecular flexibility index (Phi) is 4.01. The molecule has 2 aromatic carbocycles. The Morgan fingerprint density at radius 1 is 0.882 bits per heavy atom. The number of alkyl halides is 1. The van der Waals surface area contributed by atoms with Crippen LogP contribution in [-0.2, 0) is 6.42 Å². The van der Waals surface area contributed by atoms with Crippen LogP contribution >= 0.6 is 15.9 Å². The molecule has 0 aliphatic rings. The van der Waals surface area contributed by atoms with Crippen LogP contribution in [0.25, 0.3) is 0 Å². The second-order valence-corrected chi connectivity index (χ2v) is 5.28. The maximum atomic E-state index is 3.77. The van der Waals surface area contributed by atoms with Crippen molar-refractivity contribution in [1.82, 2.24) is 0 Å². The number of hydrogen-bond donors (Lipinski definition) is 0. The Morgan fingerprint density at radius 2 is 1.35 bits per heavy atom. The highest BCUT2D eigenvalue weighted by atomic mass is 79.9. The van der Waals surface area contributed by atoms with Gasteiger partial charge in [0, 0.05) is 0 Å². The van der Waals surface area contributed by atoms with Crippen LogP contribution < -0.4 is 0 Å². The number of rotatable bonds is 3. The SMILES string of the molecule is CCc1ccc(C(Br)c2ccc(C)cc2)cc1. The van der Waals surface area contributed by atoms with E-state index in [1.165, 1.54) is 22.3 Å². The van der Waals surface area contributed by atoms with E-state index in [1.807, 2.05) is 0 Å². The molecular formula is C16H17Br. The number of benzene rings is 2. The van der Waals surface area contributed by atoms with Crippen molar-refractivity contribution in [3.63, 3.8) is 0 Å². The van der Waals surface area contributed by atoms with E-state index in [2.05, 4.69) is 78.3 Å². The quantitative estimate of drug-likeness (QED) is 0.694. The molecule has 1 heteroatoms. The molecule has 0 fully saturated rings. The molecule has 0 aromatic heterocycles. The molecule has 0 heterocycles. The van der Waals surface area contributed by atoms with Gasteiger partial charge >= 0.3 is 0 Å². The van der Waals surface area contributed by atoms with E-state index in [0.29, 0.717) is 0 Å². The molecule has 0 aliphatic carbocycles. The lowest BCUT2D eigenvalue weighted by atomic mass is 10.0. The lowest BCUT2D eigenvalue weighted by molar-refractivity contribution is 1.11. The minimum Gasteiger partial charge on any atom is -0.0786 e. The first-order valence-corrected chi connectivity index (χ1v) is 6.91. The molecule has 17 heavy (non-hydrogen) atoms. The molecule has 0 aliphatic heterocycles. The zero-order chi connectivity index (χ0) is 12.3. The Morgan fingerprint density at radius 3 is 1.82 bits per heavy atom. The standard InChI is InChI=1S/C16H17Br/c1-3-13-6-10-15(11-7-13)16(17)14-8-4-12(2)5-9-14/h4-11,16H,3H2,1-2H3. The summed E-state index contributed by atoms with van der Waals surface area (Å²) in [4.78, 5) is 0.286. The summed E-state index contributed by atoms with van der Waals surface area (Å²) in [5.74, 6) is 0. The molecule has 1 unspecified atom stereocenters. The summed E-state index contributed by atoms with van der Waals surface area (Å²) >= 11 is 3.77. The van der Waals surface area contributed by atoms with Gasteiger partial charge in [0.2, 0.25) is 0 Å². The molecule has 88 valence electrons. The highest BCUT2D eigenvalue weighted by molar-refractivity contribution is 9.09. The second-order valence-electron chi connectivity index (χ2n) is 4.37. The predicted molar refractivity (Wildman–Crippen MR) is 77.8 cm³/mol. The third-order valence-corrected chi connectivity index (χ3v) is 4.11. The lowest BCUT2D eigenvalue weighted by Gasteiger charge is -2.11. The van der Waals surface area contributed by atoms with Crippen LogP contribution in [0.2, 0.25) is 0 Å². The van der Waals surface area contributed by atoms with Gasteiger partial charge in [-0.05, 0) is 30.0 Å². The van der Waals surface area contributed by atoms with E-state index in [1.54, 1.807) is 0 Å². The molecular weight excluding hydrogens is 272 g/mol. The van der Waals surface area contributed by atoms with Crippen molar-refractivity contribution in [3.8, 4) is 0 Å². The summed E-state index contributed by atoms with van der Waals surface area (Å²) < 4.78 is 0. The summed E-state index contributed by atoms with van der Waals surface area (Å²) in [6.07, 6.45) is 1.10. The van der Waals surface area contributed by atoms with Gasteiger partial charge in [-0.1, -0.05) is 76.9 Å². The van der Waals surface area contributed by atoms with Crippen LogP contribution in [0, 0.1) is 6.92 Å². The fourth-order valence-corrected chi connectivity index (χ4v) is 2.46. The van der Waals surface area contributed by atoms with Crippen LogP contribution in [0.1, 0.15) is 34.0 Å². The van der Waals surface area contributed by atoms with Gasteiger partial charge in [-0.3, -0.25) is 0 Å². The van der Waals surface area contributed by atoms with Crippen molar-refractivity contribution in [3.05, 3.63) is 70.8 Å². The van der Waals surface area contributed by atoms with Crippen LogP contribution in [0.4, 0.5) is 0 Å². The maximum Gasteiger partial charge on any atom is 0.0644 e. The van der Waals surface area contributed by atoms with Crippen molar-refractivity contribution in [2.24, 2.45) is 0 Å². The third-order valence-electron chi connectivity index (χ3n) is 3.05. The zero-order valence-electron chi connectivity index (χ0n) is 10.3. The van der Waals surface area contributed by atoms with Gasteiger partial charge in [0.1, 0.15) is 0 Å². The summed E-state index contributed by atoms with van der Waals surface area (Å²) in [7, 11) is 0. The molecule has 2 aromatic rings. The van der Waals surface area contributed by atoms with E-state index in [-0.39, 0.29) is 4.83 Å². The Hall–Kier alpha value is -1.08. The van der Waals surface area contributed by atoms with Crippen molar-refractivity contribution < 1.29 is 0 Å². The average molecular weight is 289 g/mol. The van der Waals surface area contributed by atoms with Gasteiger partial charge in [-0.25, -0.2) is 0 Å². The van der Waals surface area contributed by atoms with Gasteiger partial charge in [-0.15, -0.1) is 0 Å². The minimum absolute atomic E-state index is 0.286. The largest absolute Gasteiger partial charge is 0.0786 e. The molecule has 0 nitrogen and oxygen atoms in total. The first-order chi connectivity index (χ1) is 8.20. The topological polar surface area (TPSA) is 0 Å². The van der Waals surface area contributed by atoms with Crippen LogP contribution in [0.3, 0.4) is 0 Å². The number of halogens is 1. The van der Waals surface area contributed by atoms with Gasteiger partial charge < -0.3 is 0 Å². The zero-order valence-corrected chi connectivity index (χ0v) is 11.9. The van der Waals surface area contributed by atoms with Crippen molar-refractivity contribution >= 4 is 15.9 Å². The first kappa shape index (κ1) is 12.4. The monoisotopic (exact) mass is 288 g/mol. The van der Waals surface area contributed by atoms with Crippen LogP contribution in [-0.4, -0.2) is 0 Å². The Labute approximate surface area is 112 Å². The maximum absolute atomic E-state index is 3.77. The van der Waals surface area contributed by atoms with Gasteiger partial charge in [0.05, 0.1) is 4.83 Å². The van der Waals surface area contributed by atoms with Crippen LogP contribution in [0.15, 0.2) is 48.5 Å². The fourth-order valence-electron chi connectivity index (χ4n) is 1.85. The van der Waals surface area contributed by atoms with Crippen LogP contribution in [0.5, 0.6) is 0 Å². The van der Waals surface area contributed by atoms with E-state index in [0.717, 1.165) is 6.42 Å². The first-order valence-electron chi connectivity index (χ1n) is 6.00. The van der Waals surface area contributed by atoms with Crippen molar-refractivity contribution in [2.45, 2.75) is 25.1 Å². The molecule has 0 bridgehead atoms.